The number of hydrogen-bond acceptors (Lipinski definition) is 6. The summed E-state index contributed by atoms with van der Waals surface area (Å²) in [6, 6.07) is 12.0. The lowest BCUT2D eigenvalue weighted by Gasteiger charge is -2.24. The summed E-state index contributed by atoms with van der Waals surface area (Å²) in [5, 5.41) is 4.72. The molecule has 0 amide bonds. The Balaban J connectivity index is 1.62. The minimum atomic E-state index is -0.0775. The highest BCUT2D eigenvalue weighted by Gasteiger charge is 2.19. The molecule has 7 heteroatoms. The molecule has 1 aromatic carbocycles. The second-order valence-corrected chi connectivity index (χ2v) is 8.51. The second kappa shape index (κ2) is 7.87. The zero-order valence-electron chi connectivity index (χ0n) is 15.9. The van der Waals surface area contributed by atoms with E-state index in [9.17, 15) is 4.79 Å². The van der Waals surface area contributed by atoms with Crippen molar-refractivity contribution in [2.45, 2.75) is 19.5 Å². The lowest BCUT2D eigenvalue weighted by molar-refractivity contribution is 0.243. The van der Waals surface area contributed by atoms with E-state index in [0.717, 1.165) is 33.1 Å². The monoisotopic (exact) mass is 411 g/mol. The summed E-state index contributed by atoms with van der Waals surface area (Å²) in [6.45, 7) is 2.78. The van der Waals surface area contributed by atoms with Gasteiger partial charge >= 0.3 is 0 Å². The summed E-state index contributed by atoms with van der Waals surface area (Å²) >= 11 is 3.15. The fourth-order valence-electron chi connectivity index (χ4n) is 3.18. The van der Waals surface area contributed by atoms with Crippen molar-refractivity contribution < 1.29 is 4.74 Å². The first kappa shape index (κ1) is 18.9. The molecule has 0 saturated heterocycles. The molecule has 144 valence electrons. The van der Waals surface area contributed by atoms with Gasteiger partial charge in [-0.2, -0.15) is 0 Å². The van der Waals surface area contributed by atoms with E-state index >= 15 is 0 Å². The van der Waals surface area contributed by atoms with Gasteiger partial charge in [0.1, 0.15) is 16.4 Å². The number of aromatic amines is 1. The fourth-order valence-corrected chi connectivity index (χ4v) is 4.95. The van der Waals surface area contributed by atoms with Gasteiger partial charge in [0.2, 0.25) is 0 Å². The van der Waals surface area contributed by atoms with Gasteiger partial charge in [-0.05, 0) is 43.1 Å². The third-order valence-corrected chi connectivity index (χ3v) is 6.65. The van der Waals surface area contributed by atoms with E-state index in [2.05, 4.69) is 22.9 Å². The molecule has 4 rings (SSSR count). The van der Waals surface area contributed by atoms with Crippen LogP contribution in [0.4, 0.5) is 0 Å². The number of nitrogens with one attached hydrogen (secondary N) is 1. The first-order valence-electron chi connectivity index (χ1n) is 8.95. The average molecular weight is 412 g/mol. The quantitative estimate of drug-likeness (QED) is 0.489. The number of hydrogen-bond donors (Lipinski definition) is 1. The summed E-state index contributed by atoms with van der Waals surface area (Å²) in [5.74, 6) is 1.52. The molecule has 0 aliphatic rings. The molecular weight excluding hydrogens is 390 g/mol. The number of thiophene rings is 2. The van der Waals surface area contributed by atoms with E-state index in [1.165, 1.54) is 11.3 Å². The molecule has 28 heavy (non-hydrogen) atoms. The van der Waals surface area contributed by atoms with Crippen LogP contribution in [0.3, 0.4) is 0 Å². The van der Waals surface area contributed by atoms with Crippen LogP contribution in [0, 0.1) is 0 Å². The SMILES string of the molecule is COc1cccc(CN(C)[C@@H](C)c2nc3scc(-c4cccs4)c3c(=O)[nH]2)c1. The smallest absolute Gasteiger partial charge is 0.260 e. The number of rotatable bonds is 6. The van der Waals surface area contributed by atoms with Crippen LogP contribution in [-0.4, -0.2) is 29.0 Å². The van der Waals surface area contributed by atoms with Crippen LogP contribution in [0.2, 0.25) is 0 Å². The van der Waals surface area contributed by atoms with E-state index in [4.69, 9.17) is 9.72 Å². The number of nitrogens with zero attached hydrogens (tertiary/aromatic N) is 2. The molecule has 0 bridgehead atoms. The highest BCUT2D eigenvalue weighted by atomic mass is 32.1. The lowest BCUT2D eigenvalue weighted by Crippen LogP contribution is -2.25. The Labute approximate surface area is 171 Å². The van der Waals surface area contributed by atoms with Gasteiger partial charge in [-0.1, -0.05) is 18.2 Å². The van der Waals surface area contributed by atoms with Crippen molar-refractivity contribution in [2.75, 3.05) is 14.2 Å². The molecule has 1 N–H and O–H groups in total. The van der Waals surface area contributed by atoms with Gasteiger partial charge in [0.05, 0.1) is 18.5 Å². The van der Waals surface area contributed by atoms with E-state index in [1.807, 2.05) is 48.1 Å². The molecule has 0 aliphatic heterocycles. The van der Waals surface area contributed by atoms with Crippen molar-refractivity contribution in [3.8, 4) is 16.2 Å². The standard InChI is InChI=1S/C21H21N3O2S2/c1-13(24(2)11-14-6-4-7-15(10-14)26-3)19-22-20(25)18-16(12-28-21(18)23-19)17-8-5-9-27-17/h4-10,12-13H,11H2,1-3H3,(H,22,23,25)/t13-/m0/s1. The largest absolute Gasteiger partial charge is 0.497 e. The number of benzene rings is 1. The minimum Gasteiger partial charge on any atom is -0.497 e. The van der Waals surface area contributed by atoms with Gasteiger partial charge in [-0.15, -0.1) is 22.7 Å². The predicted octanol–water partition coefficient (Wildman–Crippen LogP) is 4.91. The summed E-state index contributed by atoms with van der Waals surface area (Å²) in [6.07, 6.45) is 0. The highest BCUT2D eigenvalue weighted by Crippen LogP contribution is 2.34. The number of fused-ring (bicyclic) bond motifs is 1. The summed E-state index contributed by atoms with van der Waals surface area (Å²) in [5.41, 5.74) is 2.03. The Bertz CT molecular complexity index is 1150. The van der Waals surface area contributed by atoms with Gasteiger partial charge < -0.3 is 9.72 Å². The van der Waals surface area contributed by atoms with Gasteiger partial charge in [0.15, 0.2) is 0 Å². The normalized spacial score (nSPS) is 12.6. The zero-order chi connectivity index (χ0) is 19.7. The molecule has 3 aromatic heterocycles. The maximum Gasteiger partial charge on any atom is 0.260 e. The van der Waals surface area contributed by atoms with Crippen molar-refractivity contribution in [1.29, 1.82) is 0 Å². The Morgan fingerprint density at radius 2 is 2.11 bits per heavy atom. The zero-order valence-corrected chi connectivity index (χ0v) is 17.6. The Morgan fingerprint density at radius 1 is 1.25 bits per heavy atom. The van der Waals surface area contributed by atoms with E-state index in [-0.39, 0.29) is 11.6 Å². The minimum absolute atomic E-state index is 0.0319. The molecule has 0 spiro atoms. The van der Waals surface area contributed by atoms with Crippen molar-refractivity contribution in [3.63, 3.8) is 0 Å². The fraction of sp³-hybridized carbons (Fsp3) is 0.238. The van der Waals surface area contributed by atoms with Crippen LogP contribution in [0.5, 0.6) is 5.75 Å². The van der Waals surface area contributed by atoms with Gasteiger partial charge in [0, 0.05) is 22.4 Å². The Hall–Kier alpha value is -2.48. The van der Waals surface area contributed by atoms with Crippen molar-refractivity contribution in [3.05, 3.63) is 68.9 Å². The van der Waals surface area contributed by atoms with Crippen LogP contribution in [0.15, 0.2) is 52.0 Å². The lowest BCUT2D eigenvalue weighted by atomic mass is 10.1. The number of H-pyrrole nitrogens is 1. The van der Waals surface area contributed by atoms with Gasteiger partial charge in [0.25, 0.3) is 5.56 Å². The number of ether oxygens (including phenoxy) is 1. The highest BCUT2D eigenvalue weighted by molar-refractivity contribution is 7.18. The van der Waals surface area contributed by atoms with Crippen LogP contribution in [0.1, 0.15) is 24.4 Å². The molecule has 1 atom stereocenters. The topological polar surface area (TPSA) is 58.2 Å². The molecule has 0 unspecified atom stereocenters. The molecule has 5 nitrogen and oxygen atoms in total. The molecule has 0 radical (unpaired) electrons. The first-order chi connectivity index (χ1) is 13.6. The van der Waals surface area contributed by atoms with Crippen LogP contribution < -0.4 is 10.3 Å². The molecule has 0 aliphatic carbocycles. The summed E-state index contributed by atoms with van der Waals surface area (Å²) < 4.78 is 5.30. The maximum absolute atomic E-state index is 12.8. The molecule has 0 fully saturated rings. The summed E-state index contributed by atoms with van der Waals surface area (Å²) in [7, 11) is 3.70. The van der Waals surface area contributed by atoms with Crippen molar-refractivity contribution >= 4 is 32.9 Å². The molecular formula is C21H21N3O2S2. The molecule has 4 aromatic rings. The van der Waals surface area contributed by atoms with Crippen LogP contribution >= 0.6 is 22.7 Å². The second-order valence-electron chi connectivity index (χ2n) is 6.70. The van der Waals surface area contributed by atoms with E-state index in [1.54, 1.807) is 18.4 Å². The first-order valence-corrected chi connectivity index (χ1v) is 10.7. The van der Waals surface area contributed by atoms with E-state index < -0.39 is 0 Å². The summed E-state index contributed by atoms with van der Waals surface area (Å²) in [4.78, 5) is 24.6. The van der Waals surface area contributed by atoms with Crippen LogP contribution in [-0.2, 0) is 6.54 Å². The Morgan fingerprint density at radius 3 is 2.86 bits per heavy atom. The molecule has 3 heterocycles. The Kier molecular flexibility index (Phi) is 5.30. The maximum atomic E-state index is 12.8. The van der Waals surface area contributed by atoms with Crippen molar-refractivity contribution in [2.24, 2.45) is 0 Å². The van der Waals surface area contributed by atoms with Crippen LogP contribution in [0.25, 0.3) is 20.7 Å². The van der Waals surface area contributed by atoms with Gasteiger partial charge in [-0.3, -0.25) is 9.69 Å². The number of aromatic nitrogens is 2. The third-order valence-electron chi connectivity index (χ3n) is 4.87. The van der Waals surface area contributed by atoms with Crippen molar-refractivity contribution in [1.82, 2.24) is 14.9 Å². The predicted molar refractivity (Wildman–Crippen MR) is 116 cm³/mol. The molecule has 0 saturated carbocycles. The van der Waals surface area contributed by atoms with Gasteiger partial charge in [-0.25, -0.2) is 4.98 Å². The number of methoxy groups -OCH3 is 1. The van der Waals surface area contributed by atoms with E-state index in [0.29, 0.717) is 11.2 Å². The average Bonchev–Trinajstić information content (AvgIpc) is 3.37. The third kappa shape index (κ3) is 3.61.